The van der Waals surface area contributed by atoms with Crippen molar-refractivity contribution in [3.8, 4) is 0 Å². The van der Waals surface area contributed by atoms with Gasteiger partial charge in [0.1, 0.15) is 5.82 Å². The molecule has 0 radical (unpaired) electrons. The quantitative estimate of drug-likeness (QED) is 0.862. The molecule has 2 heterocycles. The van der Waals surface area contributed by atoms with Crippen LogP contribution in [0.25, 0.3) is 0 Å². The number of nitrogens with one attached hydrogen (secondary N) is 2. The Morgan fingerprint density at radius 2 is 2.20 bits per heavy atom. The molecule has 2 amide bonds. The van der Waals surface area contributed by atoms with Crippen LogP contribution in [0.1, 0.15) is 19.8 Å². The third-order valence-corrected chi connectivity index (χ3v) is 3.23. The SMILES string of the molecule is COC[C@@H](C)NC(=O)Nc1ccc(N2CCCC2)nc1. The molecule has 1 fully saturated rings. The van der Waals surface area contributed by atoms with E-state index in [9.17, 15) is 4.79 Å². The van der Waals surface area contributed by atoms with Crippen molar-refractivity contribution in [2.24, 2.45) is 0 Å². The Hall–Kier alpha value is -1.82. The minimum Gasteiger partial charge on any atom is -0.383 e. The number of carbonyl (C=O) groups excluding carboxylic acids is 1. The molecule has 0 spiro atoms. The number of hydrogen-bond donors (Lipinski definition) is 2. The van der Waals surface area contributed by atoms with E-state index in [1.807, 2.05) is 19.1 Å². The molecule has 2 rings (SSSR count). The number of nitrogens with zero attached hydrogens (tertiary/aromatic N) is 2. The average molecular weight is 278 g/mol. The second-order valence-electron chi connectivity index (χ2n) is 5.05. The van der Waals surface area contributed by atoms with Gasteiger partial charge in [0.2, 0.25) is 0 Å². The van der Waals surface area contributed by atoms with E-state index in [0.29, 0.717) is 12.3 Å². The second-order valence-corrected chi connectivity index (χ2v) is 5.05. The van der Waals surface area contributed by atoms with Crippen molar-refractivity contribution in [2.75, 3.05) is 37.0 Å². The van der Waals surface area contributed by atoms with Crippen LogP contribution in [-0.2, 0) is 4.74 Å². The van der Waals surface area contributed by atoms with Crippen LogP contribution in [0.5, 0.6) is 0 Å². The lowest BCUT2D eigenvalue weighted by molar-refractivity contribution is 0.173. The standard InChI is InChI=1S/C14H22N4O2/c1-11(10-20-2)16-14(19)17-12-5-6-13(15-9-12)18-7-3-4-8-18/h5-6,9,11H,3-4,7-8,10H2,1-2H3,(H2,16,17,19)/t11-/m1/s1. The van der Waals surface area contributed by atoms with Gasteiger partial charge in [-0.1, -0.05) is 0 Å². The topological polar surface area (TPSA) is 66.5 Å². The van der Waals surface area contributed by atoms with Gasteiger partial charge in [0.15, 0.2) is 0 Å². The lowest BCUT2D eigenvalue weighted by Crippen LogP contribution is -2.38. The molecule has 1 saturated heterocycles. The molecule has 0 unspecified atom stereocenters. The molecule has 6 nitrogen and oxygen atoms in total. The van der Waals surface area contributed by atoms with Crippen molar-refractivity contribution < 1.29 is 9.53 Å². The molecule has 0 aliphatic carbocycles. The minimum atomic E-state index is -0.245. The van der Waals surface area contributed by atoms with Gasteiger partial charge in [0.05, 0.1) is 24.5 Å². The Balaban J connectivity index is 1.85. The molecule has 1 atom stereocenters. The number of rotatable bonds is 5. The van der Waals surface area contributed by atoms with Crippen molar-refractivity contribution >= 4 is 17.5 Å². The van der Waals surface area contributed by atoms with Crippen molar-refractivity contribution in [3.63, 3.8) is 0 Å². The number of anilines is 2. The third kappa shape index (κ3) is 4.09. The van der Waals surface area contributed by atoms with Crippen LogP contribution in [-0.4, -0.2) is 43.9 Å². The van der Waals surface area contributed by atoms with E-state index in [1.165, 1.54) is 12.8 Å². The maximum atomic E-state index is 11.7. The van der Waals surface area contributed by atoms with E-state index in [1.54, 1.807) is 13.3 Å². The Bertz CT molecular complexity index is 429. The van der Waals surface area contributed by atoms with E-state index < -0.39 is 0 Å². The molecule has 110 valence electrons. The predicted octanol–water partition coefficient (Wildman–Crippen LogP) is 1.84. The van der Waals surface area contributed by atoms with Crippen LogP contribution in [0.3, 0.4) is 0 Å². The van der Waals surface area contributed by atoms with Gasteiger partial charge in [-0.2, -0.15) is 0 Å². The highest BCUT2D eigenvalue weighted by molar-refractivity contribution is 5.89. The number of pyridine rings is 1. The summed E-state index contributed by atoms with van der Waals surface area (Å²) in [4.78, 5) is 18.4. The smallest absolute Gasteiger partial charge is 0.319 e. The van der Waals surface area contributed by atoms with E-state index in [-0.39, 0.29) is 12.1 Å². The van der Waals surface area contributed by atoms with E-state index in [4.69, 9.17) is 4.74 Å². The highest BCUT2D eigenvalue weighted by atomic mass is 16.5. The van der Waals surface area contributed by atoms with Crippen molar-refractivity contribution in [1.29, 1.82) is 0 Å². The Morgan fingerprint density at radius 1 is 1.45 bits per heavy atom. The summed E-state index contributed by atoms with van der Waals surface area (Å²) in [5.74, 6) is 0.973. The summed E-state index contributed by atoms with van der Waals surface area (Å²) < 4.78 is 4.97. The zero-order chi connectivity index (χ0) is 14.4. The average Bonchev–Trinajstić information content (AvgIpc) is 2.93. The normalized spacial score (nSPS) is 16.0. The number of urea groups is 1. The number of carbonyl (C=O) groups is 1. The van der Waals surface area contributed by atoms with Gasteiger partial charge in [0, 0.05) is 20.2 Å². The first-order valence-corrected chi connectivity index (χ1v) is 6.96. The number of ether oxygens (including phenoxy) is 1. The van der Waals surface area contributed by atoms with E-state index in [2.05, 4.69) is 20.5 Å². The molecule has 0 aromatic carbocycles. The molecule has 0 bridgehead atoms. The fraction of sp³-hybridized carbons (Fsp3) is 0.571. The molecule has 1 aromatic heterocycles. The molecule has 1 aromatic rings. The van der Waals surface area contributed by atoms with Crippen molar-refractivity contribution in [2.45, 2.75) is 25.8 Å². The Labute approximate surface area is 119 Å². The van der Waals surface area contributed by atoms with Gasteiger partial charge in [-0.05, 0) is 31.9 Å². The second kappa shape index (κ2) is 7.09. The fourth-order valence-electron chi connectivity index (χ4n) is 2.28. The monoisotopic (exact) mass is 278 g/mol. The van der Waals surface area contributed by atoms with Gasteiger partial charge in [-0.3, -0.25) is 0 Å². The van der Waals surface area contributed by atoms with Crippen molar-refractivity contribution in [3.05, 3.63) is 18.3 Å². The van der Waals surface area contributed by atoms with Gasteiger partial charge in [-0.15, -0.1) is 0 Å². The maximum absolute atomic E-state index is 11.7. The predicted molar refractivity (Wildman–Crippen MR) is 79.2 cm³/mol. The summed E-state index contributed by atoms with van der Waals surface area (Å²) in [5.41, 5.74) is 0.690. The largest absolute Gasteiger partial charge is 0.383 e. The van der Waals surface area contributed by atoms with Crippen LogP contribution in [0.2, 0.25) is 0 Å². The summed E-state index contributed by atoms with van der Waals surface area (Å²) >= 11 is 0. The zero-order valence-electron chi connectivity index (χ0n) is 12.1. The molecule has 2 N–H and O–H groups in total. The van der Waals surface area contributed by atoms with Crippen LogP contribution >= 0.6 is 0 Å². The lowest BCUT2D eigenvalue weighted by atomic mass is 10.3. The van der Waals surface area contributed by atoms with Gasteiger partial charge < -0.3 is 20.3 Å². The fourth-order valence-corrected chi connectivity index (χ4v) is 2.28. The number of aromatic nitrogens is 1. The summed E-state index contributed by atoms with van der Waals surface area (Å²) in [5, 5.41) is 5.55. The lowest BCUT2D eigenvalue weighted by Gasteiger charge is -2.17. The first-order chi connectivity index (χ1) is 9.69. The first-order valence-electron chi connectivity index (χ1n) is 6.96. The minimum absolute atomic E-state index is 0.0307. The summed E-state index contributed by atoms with van der Waals surface area (Å²) in [7, 11) is 1.61. The first kappa shape index (κ1) is 14.6. The maximum Gasteiger partial charge on any atom is 0.319 e. The Morgan fingerprint density at radius 3 is 2.80 bits per heavy atom. The number of amides is 2. The number of hydrogen-bond acceptors (Lipinski definition) is 4. The molecule has 6 heteroatoms. The van der Waals surface area contributed by atoms with Crippen LogP contribution < -0.4 is 15.5 Å². The van der Waals surface area contributed by atoms with E-state index >= 15 is 0 Å². The third-order valence-electron chi connectivity index (χ3n) is 3.23. The van der Waals surface area contributed by atoms with E-state index in [0.717, 1.165) is 18.9 Å². The zero-order valence-corrected chi connectivity index (χ0v) is 12.1. The number of methoxy groups -OCH3 is 1. The van der Waals surface area contributed by atoms with Crippen LogP contribution in [0, 0.1) is 0 Å². The summed E-state index contributed by atoms with van der Waals surface area (Å²) in [6.07, 6.45) is 4.14. The van der Waals surface area contributed by atoms with Crippen LogP contribution in [0.15, 0.2) is 18.3 Å². The van der Waals surface area contributed by atoms with Gasteiger partial charge in [-0.25, -0.2) is 9.78 Å². The molecule has 1 aliphatic heterocycles. The highest BCUT2D eigenvalue weighted by Gasteiger charge is 2.13. The van der Waals surface area contributed by atoms with Gasteiger partial charge >= 0.3 is 6.03 Å². The molecular weight excluding hydrogens is 256 g/mol. The molecule has 0 saturated carbocycles. The molecular formula is C14H22N4O2. The molecule has 20 heavy (non-hydrogen) atoms. The Kier molecular flexibility index (Phi) is 5.17. The van der Waals surface area contributed by atoms with Crippen LogP contribution in [0.4, 0.5) is 16.3 Å². The van der Waals surface area contributed by atoms with Gasteiger partial charge in [0.25, 0.3) is 0 Å². The molecule has 1 aliphatic rings. The highest BCUT2D eigenvalue weighted by Crippen LogP contribution is 2.18. The summed E-state index contributed by atoms with van der Waals surface area (Å²) in [6.45, 7) is 4.50. The van der Waals surface area contributed by atoms with Crippen molar-refractivity contribution in [1.82, 2.24) is 10.3 Å². The summed E-state index contributed by atoms with van der Waals surface area (Å²) in [6, 6.07) is 3.54.